The summed E-state index contributed by atoms with van der Waals surface area (Å²) < 4.78 is 36.4. The Labute approximate surface area is 695 Å². The first-order valence-corrected chi connectivity index (χ1v) is 44.9. The number of nitrogens with one attached hydrogen (secondary N) is 5. The van der Waals surface area contributed by atoms with Gasteiger partial charge in [-0.1, -0.05) is 103 Å². The van der Waals surface area contributed by atoms with Crippen LogP contribution in [-0.4, -0.2) is 225 Å². The molecule has 11 rings (SSSR count). The van der Waals surface area contributed by atoms with E-state index in [1.54, 1.807) is 72.4 Å². The lowest BCUT2D eigenvalue weighted by Gasteiger charge is -2.48. The number of likely N-dealkylation sites (tertiary alicyclic amines) is 2. The van der Waals surface area contributed by atoms with E-state index in [1.807, 2.05) is 75.7 Å². The smallest absolute Gasteiger partial charge is 0.415 e. The Morgan fingerprint density at radius 3 is 2.20 bits per heavy atom. The number of carbonyl (C=O) groups is 9. The number of piperazine rings is 1. The van der Waals surface area contributed by atoms with Gasteiger partial charge in [-0.15, -0.1) is 21.5 Å². The molecule has 0 spiro atoms. The van der Waals surface area contributed by atoms with Crippen LogP contribution in [0.5, 0.6) is 11.6 Å². The van der Waals surface area contributed by atoms with Gasteiger partial charge >= 0.3 is 12.1 Å². The number of para-hydroxylation sites is 1. The Morgan fingerprint density at radius 1 is 0.780 bits per heavy atom. The summed E-state index contributed by atoms with van der Waals surface area (Å²) >= 11 is 1.59. The van der Waals surface area contributed by atoms with E-state index in [4.69, 9.17) is 38.7 Å². The standard InChI is InChI=1S/C85H116N16O15SSi/c1-53(2)75(82(108)100-49-63(116-118(11,12)85(7,8)9)43-68(100)80(106)89-55(5)59-25-27-60(28-26-59)77-56(6)88-51-117-77)70-45-72(95-115-70)112-42-41-96-37-33-57(34-38-96)46-97-39-40-98-62(47-97)48-101(78-67(98)44-66(93-94-78)64-19-15-16-21-69(64)114-52-111-10)84(110)113-50-58-23-29-61(30-24-58)90-79(105)65(20-18-35-87-83(86)109)91-81(107)76(54(3)4)92-71(102)22-14-13-17-36-99-73(103)31-32-74(99)104/h15-16,19,21,23-32,44-45,51,53-55,57,62-63,65,68,75-76H,13-14,17-18,20,22,33-43,46-50,52H2,1-12H3,(H,89,106)(H,90,105)(H,91,107)(H,92,102)(H3,86,87,109)/t55-,62+,63+,65-,68-,75+,76-/m0/s1. The molecule has 636 valence electrons. The highest BCUT2D eigenvalue weighted by molar-refractivity contribution is 7.13. The highest BCUT2D eigenvalue weighted by Gasteiger charge is 2.49. The number of primary amides is 1. The van der Waals surface area contributed by atoms with Crippen molar-refractivity contribution < 1.29 is 71.0 Å². The number of nitrogens with two attached hydrogens (primary N) is 1. The number of nitrogens with zero attached hydrogens (tertiary/aromatic N) is 10. The molecule has 7 N–H and O–H groups in total. The molecular weight excluding hydrogens is 1550 g/mol. The van der Waals surface area contributed by atoms with Gasteiger partial charge in [0.1, 0.15) is 43.0 Å². The minimum atomic E-state index is -2.30. The number of unbranched alkanes of at least 4 members (excludes halogenated alkanes) is 2. The number of anilines is 3. The molecule has 0 unspecified atom stereocenters. The van der Waals surface area contributed by atoms with E-state index >= 15 is 4.79 Å². The first-order valence-electron chi connectivity index (χ1n) is 41.1. The van der Waals surface area contributed by atoms with E-state index in [-0.39, 0.29) is 123 Å². The van der Waals surface area contributed by atoms with Crippen LogP contribution in [0.25, 0.3) is 21.7 Å². The van der Waals surface area contributed by atoms with Gasteiger partial charge in [0.05, 0.1) is 52.2 Å². The van der Waals surface area contributed by atoms with Crippen molar-refractivity contribution in [3.63, 3.8) is 0 Å². The Balaban J connectivity index is 0.678. The molecule has 3 saturated heterocycles. The number of rotatable bonds is 37. The quantitative estimate of drug-likeness (QED) is 0.00913. The lowest BCUT2D eigenvalue weighted by Crippen LogP contribution is -2.61. The minimum Gasteiger partial charge on any atom is -0.474 e. The maximum Gasteiger partial charge on any atom is 0.415 e. The normalized spacial score (nSPS) is 18.4. The fourth-order valence-electron chi connectivity index (χ4n) is 15.5. The first-order chi connectivity index (χ1) is 56.4. The number of benzene rings is 3. The van der Waals surface area contributed by atoms with Gasteiger partial charge in [0.2, 0.25) is 29.5 Å². The predicted molar refractivity (Wildman–Crippen MR) is 450 cm³/mol. The minimum absolute atomic E-state index is 0.0239. The highest BCUT2D eigenvalue weighted by atomic mass is 32.1. The molecule has 3 aromatic carbocycles. The molecule has 33 heteroatoms. The van der Waals surface area contributed by atoms with E-state index in [9.17, 15) is 38.4 Å². The van der Waals surface area contributed by atoms with E-state index in [2.05, 4.69) is 103 Å². The topological polar surface area (TPSA) is 370 Å². The van der Waals surface area contributed by atoms with Gasteiger partial charge in [0.25, 0.3) is 17.7 Å². The Kier molecular flexibility index (Phi) is 30.4. The molecule has 118 heavy (non-hydrogen) atoms. The fraction of sp³-hybridized carbons (Fsp3) is 0.541. The molecule has 0 radical (unpaired) electrons. The Bertz CT molecular complexity index is 4490. The summed E-state index contributed by atoms with van der Waals surface area (Å²) in [5, 5.41) is 27.8. The van der Waals surface area contributed by atoms with Gasteiger partial charge < -0.3 is 70.0 Å². The molecule has 3 aromatic heterocycles. The third-order valence-electron chi connectivity index (χ3n) is 23.2. The summed E-state index contributed by atoms with van der Waals surface area (Å²) in [5.74, 6) is -1.99. The Hall–Kier alpha value is -10.2. The number of thiazole rings is 1. The number of carbonyl (C=O) groups excluding carboxylic acids is 9. The second-order valence-corrected chi connectivity index (χ2v) is 39.1. The van der Waals surface area contributed by atoms with Crippen molar-refractivity contribution in [2.75, 3.05) is 108 Å². The molecule has 0 bridgehead atoms. The summed E-state index contributed by atoms with van der Waals surface area (Å²) in [5.41, 5.74) is 13.1. The molecular formula is C85H116N16O15SSi. The predicted octanol–water partition coefficient (Wildman–Crippen LogP) is 10.1. The highest BCUT2D eigenvalue weighted by Crippen LogP contribution is 2.43. The number of hydrogen-bond donors (Lipinski definition) is 6. The van der Waals surface area contributed by atoms with Crippen LogP contribution in [0.3, 0.4) is 0 Å². The Morgan fingerprint density at radius 2 is 1.52 bits per heavy atom. The van der Waals surface area contributed by atoms with Crippen LogP contribution in [0.2, 0.25) is 18.1 Å². The van der Waals surface area contributed by atoms with E-state index in [0.717, 1.165) is 71.3 Å². The van der Waals surface area contributed by atoms with Crippen molar-refractivity contribution in [2.45, 2.75) is 187 Å². The molecule has 10 amide bonds. The number of hydrogen-bond acceptors (Lipinski definition) is 23. The average Bonchev–Trinajstić information content (AvgIpc) is 0.876. The average molecular weight is 1660 g/mol. The summed E-state index contributed by atoms with van der Waals surface area (Å²) in [6.07, 6.45) is 5.84. The van der Waals surface area contributed by atoms with Crippen molar-refractivity contribution in [3.05, 3.63) is 125 Å². The van der Waals surface area contributed by atoms with Gasteiger partial charge in [-0.25, -0.2) is 14.6 Å². The number of methoxy groups -OCH3 is 1. The zero-order valence-electron chi connectivity index (χ0n) is 69.9. The maximum absolute atomic E-state index is 15.1. The van der Waals surface area contributed by atoms with Crippen LogP contribution in [0.1, 0.15) is 148 Å². The van der Waals surface area contributed by atoms with Gasteiger partial charge in [-0.2, -0.15) is 0 Å². The molecule has 8 heterocycles. The first kappa shape index (κ1) is 88.6. The molecule has 3 fully saturated rings. The van der Waals surface area contributed by atoms with Crippen molar-refractivity contribution in [3.8, 4) is 33.3 Å². The van der Waals surface area contributed by atoms with Crippen LogP contribution >= 0.6 is 11.3 Å². The summed E-state index contributed by atoms with van der Waals surface area (Å²) in [4.78, 5) is 138. The van der Waals surface area contributed by atoms with E-state index in [0.29, 0.717) is 104 Å². The number of urea groups is 1. The fourth-order valence-corrected chi connectivity index (χ4v) is 17.7. The molecule has 7 atom stereocenters. The molecule has 6 aromatic rings. The van der Waals surface area contributed by atoms with Gasteiger partial charge in [0, 0.05) is 102 Å². The lowest BCUT2D eigenvalue weighted by molar-refractivity contribution is -0.141. The van der Waals surface area contributed by atoms with Gasteiger partial charge in [-0.3, -0.25) is 53.2 Å². The number of aromatic nitrogens is 4. The third kappa shape index (κ3) is 23.0. The van der Waals surface area contributed by atoms with E-state index in [1.165, 1.54) is 12.2 Å². The molecule has 5 aliphatic rings. The lowest BCUT2D eigenvalue weighted by atomic mass is 9.91. The van der Waals surface area contributed by atoms with Crippen molar-refractivity contribution in [1.82, 2.24) is 61.2 Å². The van der Waals surface area contributed by atoms with Crippen molar-refractivity contribution in [2.24, 2.45) is 23.5 Å². The summed E-state index contributed by atoms with van der Waals surface area (Å²) in [7, 11) is -0.747. The largest absolute Gasteiger partial charge is 0.474 e. The van der Waals surface area contributed by atoms with Crippen LogP contribution in [0, 0.1) is 24.7 Å². The van der Waals surface area contributed by atoms with Crippen LogP contribution in [0.15, 0.2) is 107 Å². The van der Waals surface area contributed by atoms with Crippen molar-refractivity contribution in [1.29, 1.82) is 0 Å². The molecule has 31 nitrogen and oxygen atoms in total. The molecule has 0 saturated carbocycles. The van der Waals surface area contributed by atoms with Crippen LogP contribution in [0.4, 0.5) is 26.8 Å². The van der Waals surface area contributed by atoms with E-state index < -0.39 is 56.3 Å². The maximum atomic E-state index is 15.1. The summed E-state index contributed by atoms with van der Waals surface area (Å²) in [6.45, 7) is 29.0. The second kappa shape index (κ2) is 40.5. The SMILES string of the molecule is COCOc1ccccc1-c1cc2c(nn1)N(C(=O)OCc1ccc(NC(=O)[C@H](CCCNC(N)=O)NC(=O)[C@@H](NC(=O)CCCCCN3C(=O)C=CC3=O)C(C)C)cc1)C[C@H]1CN(CC3CCN(CCOc4cc([C@H](C(=O)N5C[C@H](O[Si](C)(C)C(C)(C)C)C[C@H]5C(=O)N[C@@H](C)c5ccc(-c6scnc6C)cc5)C(C)C)on4)CC3)CCN21. The van der Waals surface area contributed by atoms with Crippen LogP contribution < -0.4 is 51.6 Å². The molecule has 0 aliphatic carbocycles. The third-order valence-corrected chi connectivity index (χ3v) is 28.7. The number of amides is 10. The van der Waals surface area contributed by atoms with Crippen LogP contribution in [-0.2, 0) is 54.1 Å². The number of aryl methyl sites for hydroxylation is 1. The summed E-state index contributed by atoms with van der Waals surface area (Å²) in [6, 6.07) is 22.0. The second-order valence-electron chi connectivity index (χ2n) is 33.5. The number of ether oxygens (including phenoxy) is 4. The number of piperidine rings is 1. The van der Waals surface area contributed by atoms with Gasteiger partial charge in [0.15, 0.2) is 26.7 Å². The number of imide groups is 1. The molecule has 5 aliphatic heterocycles. The zero-order valence-corrected chi connectivity index (χ0v) is 71.7. The van der Waals surface area contributed by atoms with Crippen molar-refractivity contribution >= 4 is 90.3 Å². The zero-order chi connectivity index (χ0) is 84.5. The monoisotopic (exact) mass is 1660 g/mol. The van der Waals surface area contributed by atoms with Gasteiger partial charge in [-0.05, 0) is 154 Å². The number of fused-ring (bicyclic) bond motifs is 3.